The van der Waals surface area contributed by atoms with Gasteiger partial charge in [0.05, 0.1) is 24.3 Å². The van der Waals surface area contributed by atoms with Crippen LogP contribution in [0.4, 0.5) is 5.69 Å². The number of piperidine rings is 1. The molecule has 2 aromatic heterocycles. The lowest BCUT2D eigenvalue weighted by Crippen LogP contribution is -2.30. The van der Waals surface area contributed by atoms with E-state index in [-0.39, 0.29) is 0 Å². The maximum Gasteiger partial charge on any atom is 0.158 e. The molecule has 1 aliphatic rings. The number of nitrogens with two attached hydrogens (primary N) is 1. The topological polar surface area (TPSA) is 59.5 Å². The van der Waals surface area contributed by atoms with Gasteiger partial charge in [-0.1, -0.05) is 0 Å². The van der Waals surface area contributed by atoms with Gasteiger partial charge < -0.3 is 10.6 Å². The fraction of sp³-hybridized carbons (Fsp3) is 0.538. The van der Waals surface area contributed by atoms with Gasteiger partial charge in [0.1, 0.15) is 0 Å². The number of likely N-dealkylation sites (tertiary alicyclic amines) is 1. The standard InChI is InChI=1S/C13H19N5/c1-17-4-2-10(3-5-17)6-11-7-16-18-9-12(14)8-15-13(11)18/h7-10H,2-6,14H2,1H3. The highest BCUT2D eigenvalue weighted by molar-refractivity contribution is 5.49. The van der Waals surface area contributed by atoms with E-state index in [1.54, 1.807) is 10.7 Å². The Balaban J connectivity index is 1.78. The molecule has 1 saturated heterocycles. The van der Waals surface area contributed by atoms with Gasteiger partial charge in [-0.3, -0.25) is 0 Å². The van der Waals surface area contributed by atoms with Gasteiger partial charge in [-0.05, 0) is 45.3 Å². The molecule has 0 spiro atoms. The van der Waals surface area contributed by atoms with Crippen molar-refractivity contribution in [1.29, 1.82) is 0 Å². The fourth-order valence-corrected chi connectivity index (χ4v) is 2.66. The lowest BCUT2D eigenvalue weighted by atomic mass is 9.91. The lowest BCUT2D eigenvalue weighted by molar-refractivity contribution is 0.219. The van der Waals surface area contributed by atoms with E-state index >= 15 is 0 Å². The smallest absolute Gasteiger partial charge is 0.158 e. The van der Waals surface area contributed by atoms with Gasteiger partial charge in [-0.2, -0.15) is 5.10 Å². The Morgan fingerprint density at radius 1 is 1.33 bits per heavy atom. The average molecular weight is 245 g/mol. The minimum atomic E-state index is 0.649. The molecule has 0 amide bonds. The summed E-state index contributed by atoms with van der Waals surface area (Å²) in [5.74, 6) is 0.758. The summed E-state index contributed by atoms with van der Waals surface area (Å²) < 4.78 is 1.78. The summed E-state index contributed by atoms with van der Waals surface area (Å²) in [4.78, 5) is 6.78. The van der Waals surface area contributed by atoms with Gasteiger partial charge in [0, 0.05) is 5.56 Å². The summed E-state index contributed by atoms with van der Waals surface area (Å²) >= 11 is 0. The average Bonchev–Trinajstić information content (AvgIpc) is 2.74. The van der Waals surface area contributed by atoms with E-state index in [2.05, 4.69) is 22.0 Å². The van der Waals surface area contributed by atoms with Gasteiger partial charge in [-0.25, -0.2) is 9.50 Å². The summed E-state index contributed by atoms with van der Waals surface area (Å²) in [5.41, 5.74) is 8.54. The molecule has 5 nitrogen and oxygen atoms in total. The van der Waals surface area contributed by atoms with Gasteiger partial charge >= 0.3 is 0 Å². The predicted octanol–water partition coefficient (Wildman–Crippen LogP) is 1.20. The second-order valence-electron chi connectivity index (χ2n) is 5.28. The maximum absolute atomic E-state index is 5.70. The molecule has 3 heterocycles. The monoisotopic (exact) mass is 245 g/mol. The molecule has 96 valence electrons. The Bertz CT molecular complexity index is 539. The predicted molar refractivity (Wildman–Crippen MR) is 71.3 cm³/mol. The number of nitrogen functional groups attached to an aromatic ring is 1. The number of hydrogen-bond acceptors (Lipinski definition) is 4. The lowest BCUT2D eigenvalue weighted by Gasteiger charge is -2.28. The first kappa shape index (κ1) is 11.5. The molecule has 5 heteroatoms. The van der Waals surface area contributed by atoms with Crippen molar-refractivity contribution in [3.05, 3.63) is 24.2 Å². The molecule has 0 bridgehead atoms. The van der Waals surface area contributed by atoms with Crippen LogP contribution in [0.25, 0.3) is 5.65 Å². The van der Waals surface area contributed by atoms with Crippen LogP contribution in [0.3, 0.4) is 0 Å². The molecule has 0 aliphatic carbocycles. The Hall–Kier alpha value is -1.62. The van der Waals surface area contributed by atoms with E-state index in [1.165, 1.54) is 31.5 Å². The summed E-state index contributed by atoms with van der Waals surface area (Å²) in [5, 5.41) is 4.32. The summed E-state index contributed by atoms with van der Waals surface area (Å²) in [6.45, 7) is 2.40. The van der Waals surface area contributed by atoms with Crippen molar-refractivity contribution in [1.82, 2.24) is 19.5 Å². The quantitative estimate of drug-likeness (QED) is 0.863. The first-order valence-electron chi connectivity index (χ1n) is 6.48. The molecule has 2 N–H and O–H groups in total. The van der Waals surface area contributed by atoms with E-state index in [1.807, 2.05) is 12.4 Å². The molecule has 3 rings (SSSR count). The maximum atomic E-state index is 5.70. The van der Waals surface area contributed by atoms with Gasteiger partial charge in [0.15, 0.2) is 5.65 Å². The van der Waals surface area contributed by atoms with Crippen LogP contribution in [-0.2, 0) is 6.42 Å². The highest BCUT2D eigenvalue weighted by Crippen LogP contribution is 2.22. The first-order chi connectivity index (χ1) is 8.72. The zero-order valence-corrected chi connectivity index (χ0v) is 10.7. The van der Waals surface area contributed by atoms with E-state index < -0.39 is 0 Å². The number of nitrogens with zero attached hydrogens (tertiary/aromatic N) is 4. The molecule has 0 aromatic carbocycles. The Morgan fingerprint density at radius 2 is 2.11 bits per heavy atom. The van der Waals surface area contributed by atoms with Crippen molar-refractivity contribution < 1.29 is 0 Å². The normalized spacial score (nSPS) is 18.5. The molecule has 0 radical (unpaired) electrons. The van der Waals surface area contributed by atoms with Crippen molar-refractivity contribution >= 4 is 11.3 Å². The van der Waals surface area contributed by atoms with Crippen LogP contribution in [0, 0.1) is 5.92 Å². The van der Waals surface area contributed by atoms with Crippen LogP contribution in [0.2, 0.25) is 0 Å². The highest BCUT2D eigenvalue weighted by Gasteiger charge is 2.18. The number of rotatable bonds is 2. The zero-order valence-electron chi connectivity index (χ0n) is 10.7. The van der Waals surface area contributed by atoms with Crippen LogP contribution in [-0.4, -0.2) is 39.6 Å². The molecule has 0 saturated carbocycles. The number of anilines is 1. The molecule has 2 aromatic rings. The van der Waals surface area contributed by atoms with Crippen molar-refractivity contribution in [2.45, 2.75) is 19.3 Å². The summed E-state index contributed by atoms with van der Waals surface area (Å²) in [6, 6.07) is 0. The zero-order chi connectivity index (χ0) is 12.5. The third-order valence-corrected chi connectivity index (χ3v) is 3.80. The second-order valence-corrected chi connectivity index (χ2v) is 5.28. The first-order valence-corrected chi connectivity index (χ1v) is 6.48. The minimum absolute atomic E-state index is 0.649. The van der Waals surface area contributed by atoms with Gasteiger partial charge in [-0.15, -0.1) is 0 Å². The second kappa shape index (κ2) is 4.57. The third kappa shape index (κ3) is 2.18. The largest absolute Gasteiger partial charge is 0.396 e. The SMILES string of the molecule is CN1CCC(Cc2cnn3cc(N)cnc23)CC1. The van der Waals surface area contributed by atoms with Crippen molar-refractivity contribution in [2.75, 3.05) is 25.9 Å². The van der Waals surface area contributed by atoms with Crippen LogP contribution < -0.4 is 5.73 Å². The van der Waals surface area contributed by atoms with Crippen LogP contribution in [0.1, 0.15) is 18.4 Å². The van der Waals surface area contributed by atoms with Gasteiger partial charge in [0.2, 0.25) is 0 Å². The van der Waals surface area contributed by atoms with E-state index in [9.17, 15) is 0 Å². The Labute approximate surface area is 107 Å². The van der Waals surface area contributed by atoms with Crippen molar-refractivity contribution in [3.63, 3.8) is 0 Å². The van der Waals surface area contributed by atoms with E-state index in [0.29, 0.717) is 5.69 Å². The van der Waals surface area contributed by atoms with Crippen LogP contribution in [0.15, 0.2) is 18.6 Å². The van der Waals surface area contributed by atoms with Crippen molar-refractivity contribution in [3.8, 4) is 0 Å². The summed E-state index contributed by atoms with van der Waals surface area (Å²) in [7, 11) is 2.19. The minimum Gasteiger partial charge on any atom is -0.396 e. The highest BCUT2D eigenvalue weighted by atomic mass is 15.2. The third-order valence-electron chi connectivity index (χ3n) is 3.80. The molecule has 18 heavy (non-hydrogen) atoms. The van der Waals surface area contributed by atoms with Crippen molar-refractivity contribution in [2.24, 2.45) is 5.92 Å². The van der Waals surface area contributed by atoms with Crippen LogP contribution >= 0.6 is 0 Å². The van der Waals surface area contributed by atoms with E-state index in [4.69, 9.17) is 5.73 Å². The molecular weight excluding hydrogens is 226 g/mol. The molecule has 0 atom stereocenters. The number of fused-ring (bicyclic) bond motifs is 1. The Morgan fingerprint density at radius 3 is 2.89 bits per heavy atom. The molecule has 1 fully saturated rings. The Kier molecular flexibility index (Phi) is 2.91. The van der Waals surface area contributed by atoms with E-state index in [0.717, 1.165) is 18.0 Å². The number of hydrogen-bond donors (Lipinski definition) is 1. The molecule has 0 unspecified atom stereocenters. The van der Waals surface area contributed by atoms with Gasteiger partial charge in [0.25, 0.3) is 0 Å². The fourth-order valence-electron chi connectivity index (χ4n) is 2.66. The van der Waals surface area contributed by atoms with Crippen LogP contribution in [0.5, 0.6) is 0 Å². The number of aromatic nitrogens is 3. The molecular formula is C13H19N5. The summed E-state index contributed by atoms with van der Waals surface area (Å²) in [6.07, 6.45) is 9.07. The molecule has 1 aliphatic heterocycles.